The summed E-state index contributed by atoms with van der Waals surface area (Å²) < 4.78 is 31.9. The molecule has 3 aromatic carbocycles. The molecule has 0 heterocycles. The first-order valence-electron chi connectivity index (χ1n) is 8.62. The highest BCUT2D eigenvalue weighted by molar-refractivity contribution is 7.92. The van der Waals surface area contributed by atoms with Crippen molar-refractivity contribution >= 4 is 33.0 Å². The molecule has 0 saturated carbocycles. The molecule has 0 saturated heterocycles. The Morgan fingerprint density at radius 1 is 0.862 bits per heavy atom. The van der Waals surface area contributed by atoms with Gasteiger partial charge in [0.25, 0.3) is 0 Å². The molecule has 1 aliphatic rings. The molecule has 0 unspecified atom stereocenters. The van der Waals surface area contributed by atoms with Gasteiger partial charge in [0.05, 0.1) is 28.8 Å². The number of anilines is 2. The lowest BCUT2D eigenvalue weighted by Crippen LogP contribution is -2.25. The number of nitrogen functional groups attached to an aromatic ring is 1. The van der Waals surface area contributed by atoms with Crippen LogP contribution in [0.2, 0.25) is 0 Å². The number of nitrogens with two attached hydrogens (primary N) is 1. The fraction of sp³-hybridized carbons (Fsp3) is 0.0476. The van der Waals surface area contributed by atoms with E-state index in [9.17, 15) is 18.0 Å². The fourth-order valence-electron chi connectivity index (χ4n) is 3.27. The number of nitrogens with one attached hydrogen (secondary N) is 1. The molecule has 0 aliphatic heterocycles. The van der Waals surface area contributed by atoms with Crippen molar-refractivity contribution in [2.75, 3.05) is 16.7 Å². The number of fused-ring (bicyclic) bond motifs is 2. The molecule has 1 aliphatic carbocycles. The van der Waals surface area contributed by atoms with Crippen molar-refractivity contribution in [1.82, 2.24) is 0 Å². The average molecular weight is 408 g/mol. The quantitative estimate of drug-likeness (QED) is 0.501. The van der Waals surface area contributed by atoms with Crippen molar-refractivity contribution < 1.29 is 22.7 Å². The van der Waals surface area contributed by atoms with Gasteiger partial charge in [0.1, 0.15) is 5.75 Å². The summed E-state index contributed by atoms with van der Waals surface area (Å²) >= 11 is 0. The largest absolute Gasteiger partial charge is 0.455 e. The molecule has 0 atom stereocenters. The maximum absolute atomic E-state index is 13.1. The van der Waals surface area contributed by atoms with E-state index in [1.54, 1.807) is 42.5 Å². The van der Waals surface area contributed by atoms with Crippen molar-refractivity contribution in [2.45, 2.75) is 0 Å². The van der Waals surface area contributed by atoms with Crippen LogP contribution in [-0.2, 0) is 10.0 Å². The maximum Gasteiger partial charge on any atom is 0.229 e. The minimum absolute atomic E-state index is 0.0317. The smallest absolute Gasteiger partial charge is 0.229 e. The molecule has 4 rings (SSSR count). The lowest BCUT2D eigenvalue weighted by atomic mass is 9.82. The number of ether oxygens (including phenoxy) is 1. The van der Waals surface area contributed by atoms with E-state index in [-0.39, 0.29) is 39.4 Å². The number of carbonyl (C=O) groups excluding carboxylic acids is 2. The molecule has 0 fully saturated rings. The Hall–Kier alpha value is -3.65. The van der Waals surface area contributed by atoms with Crippen molar-refractivity contribution in [1.29, 1.82) is 0 Å². The maximum atomic E-state index is 13.1. The number of benzene rings is 3. The number of hydrogen-bond donors (Lipinski definition) is 2. The second-order valence-corrected chi connectivity index (χ2v) is 8.33. The molecular weight excluding hydrogens is 392 g/mol. The predicted octanol–water partition coefficient (Wildman–Crippen LogP) is 3.21. The van der Waals surface area contributed by atoms with Gasteiger partial charge in [-0.3, -0.25) is 14.3 Å². The minimum atomic E-state index is -3.74. The second kappa shape index (κ2) is 6.75. The average Bonchev–Trinajstić information content (AvgIpc) is 2.68. The Bertz CT molecular complexity index is 1270. The second-order valence-electron chi connectivity index (χ2n) is 6.58. The van der Waals surface area contributed by atoms with Gasteiger partial charge in [-0.15, -0.1) is 0 Å². The van der Waals surface area contributed by atoms with Crippen molar-refractivity contribution in [2.24, 2.45) is 0 Å². The van der Waals surface area contributed by atoms with Crippen molar-refractivity contribution in [3.05, 3.63) is 82.9 Å². The first kappa shape index (κ1) is 18.7. The van der Waals surface area contributed by atoms with Crippen LogP contribution >= 0.6 is 0 Å². The van der Waals surface area contributed by atoms with Crippen LogP contribution in [0.25, 0.3) is 0 Å². The van der Waals surface area contributed by atoms with Crippen LogP contribution in [0.4, 0.5) is 11.4 Å². The molecule has 29 heavy (non-hydrogen) atoms. The normalized spacial score (nSPS) is 12.9. The number of sulfonamides is 1. The summed E-state index contributed by atoms with van der Waals surface area (Å²) in [5.74, 6) is -0.442. The van der Waals surface area contributed by atoms with E-state index in [1.165, 1.54) is 18.2 Å². The minimum Gasteiger partial charge on any atom is -0.455 e. The van der Waals surface area contributed by atoms with E-state index in [0.29, 0.717) is 5.75 Å². The van der Waals surface area contributed by atoms with Crippen LogP contribution in [0.5, 0.6) is 11.5 Å². The van der Waals surface area contributed by atoms with Gasteiger partial charge in [-0.1, -0.05) is 42.5 Å². The first-order chi connectivity index (χ1) is 13.8. The summed E-state index contributed by atoms with van der Waals surface area (Å²) in [4.78, 5) is 26.2. The third kappa shape index (κ3) is 3.34. The Morgan fingerprint density at radius 2 is 1.41 bits per heavy atom. The zero-order valence-electron chi connectivity index (χ0n) is 15.3. The Morgan fingerprint density at radius 3 is 2.00 bits per heavy atom. The molecule has 7 nitrogen and oxygen atoms in total. The van der Waals surface area contributed by atoms with Gasteiger partial charge in [0, 0.05) is 17.2 Å². The molecule has 0 amide bonds. The van der Waals surface area contributed by atoms with Gasteiger partial charge < -0.3 is 10.5 Å². The van der Waals surface area contributed by atoms with Crippen LogP contribution in [0, 0.1) is 0 Å². The molecule has 3 aromatic rings. The Balaban J connectivity index is 1.97. The topological polar surface area (TPSA) is 116 Å². The van der Waals surface area contributed by atoms with Crippen LogP contribution in [0.3, 0.4) is 0 Å². The summed E-state index contributed by atoms with van der Waals surface area (Å²) in [6.45, 7) is 0. The van der Waals surface area contributed by atoms with E-state index < -0.39 is 21.6 Å². The fourth-order valence-corrected chi connectivity index (χ4v) is 3.83. The monoisotopic (exact) mass is 408 g/mol. The first-order valence-corrected chi connectivity index (χ1v) is 10.5. The van der Waals surface area contributed by atoms with Gasteiger partial charge in [-0.25, -0.2) is 8.42 Å². The van der Waals surface area contributed by atoms with Gasteiger partial charge in [-0.05, 0) is 12.1 Å². The molecule has 0 spiro atoms. The van der Waals surface area contributed by atoms with E-state index in [4.69, 9.17) is 10.5 Å². The lowest BCUT2D eigenvalue weighted by molar-refractivity contribution is 0.0980. The number of ketones is 2. The Kier molecular flexibility index (Phi) is 4.35. The van der Waals surface area contributed by atoms with Gasteiger partial charge in [0.2, 0.25) is 10.0 Å². The number of carbonyl (C=O) groups is 2. The highest BCUT2D eigenvalue weighted by Crippen LogP contribution is 2.42. The third-order valence-corrected chi connectivity index (χ3v) is 5.06. The van der Waals surface area contributed by atoms with E-state index in [2.05, 4.69) is 4.72 Å². The van der Waals surface area contributed by atoms with Gasteiger partial charge in [-0.2, -0.15) is 0 Å². The standard InChI is InChI=1S/C21H16N2O5S/c1-29(26,27)23-15-11-16(28-12-7-3-2-4-8-12)19(22)18-17(15)20(24)13-9-5-6-10-14(13)21(18)25/h2-11,23H,22H2,1H3. The molecular formula is C21H16N2O5S. The van der Waals surface area contributed by atoms with Crippen molar-refractivity contribution in [3.8, 4) is 11.5 Å². The molecule has 0 aromatic heterocycles. The summed E-state index contributed by atoms with van der Waals surface area (Å²) in [5.41, 5.74) is 6.37. The molecule has 3 N–H and O–H groups in total. The Labute approximate surface area is 167 Å². The van der Waals surface area contributed by atoms with E-state index in [1.807, 2.05) is 0 Å². The highest BCUT2D eigenvalue weighted by Gasteiger charge is 2.35. The van der Waals surface area contributed by atoms with Crippen LogP contribution in [-0.4, -0.2) is 26.2 Å². The van der Waals surface area contributed by atoms with E-state index in [0.717, 1.165) is 6.26 Å². The van der Waals surface area contributed by atoms with Crippen LogP contribution in [0.15, 0.2) is 60.7 Å². The van der Waals surface area contributed by atoms with Crippen LogP contribution in [0.1, 0.15) is 31.8 Å². The third-order valence-electron chi connectivity index (χ3n) is 4.47. The molecule has 0 bridgehead atoms. The van der Waals surface area contributed by atoms with Crippen LogP contribution < -0.4 is 15.2 Å². The predicted molar refractivity (Wildman–Crippen MR) is 109 cm³/mol. The zero-order valence-corrected chi connectivity index (χ0v) is 16.1. The summed E-state index contributed by atoms with van der Waals surface area (Å²) in [6.07, 6.45) is 0.955. The number of para-hydroxylation sites is 1. The molecule has 0 radical (unpaired) electrons. The summed E-state index contributed by atoms with van der Waals surface area (Å²) in [5, 5.41) is 0. The summed E-state index contributed by atoms with van der Waals surface area (Å²) in [6, 6.07) is 16.3. The molecule has 8 heteroatoms. The zero-order chi connectivity index (χ0) is 20.8. The molecule has 146 valence electrons. The SMILES string of the molecule is CS(=O)(=O)Nc1cc(Oc2ccccc2)c(N)c2c1C(=O)c1ccccc1C2=O. The lowest BCUT2D eigenvalue weighted by Gasteiger charge is -2.23. The highest BCUT2D eigenvalue weighted by atomic mass is 32.2. The van der Waals surface area contributed by atoms with E-state index >= 15 is 0 Å². The van der Waals surface area contributed by atoms with Crippen molar-refractivity contribution in [3.63, 3.8) is 0 Å². The van der Waals surface area contributed by atoms with Gasteiger partial charge >= 0.3 is 0 Å². The number of hydrogen-bond acceptors (Lipinski definition) is 6. The van der Waals surface area contributed by atoms with Gasteiger partial charge in [0.15, 0.2) is 17.3 Å². The summed E-state index contributed by atoms with van der Waals surface area (Å²) in [7, 11) is -3.74. The number of rotatable bonds is 4.